The number of rotatable bonds is 12. The first-order chi connectivity index (χ1) is 20.4. The number of imidazole rings is 1. The number of nitro benzene ring substituents is 1. The number of aliphatic hydroxyl groups is 1. The molecule has 242 valence electrons. The van der Waals surface area contributed by atoms with Crippen molar-refractivity contribution in [1.82, 2.24) is 19.5 Å². The van der Waals surface area contributed by atoms with Gasteiger partial charge in [0.05, 0.1) is 29.5 Å². The van der Waals surface area contributed by atoms with Crippen LogP contribution in [0.25, 0.3) is 11.2 Å². The third kappa shape index (κ3) is 7.74. The molecule has 7 N–H and O–H groups in total. The van der Waals surface area contributed by atoms with Crippen molar-refractivity contribution in [3.63, 3.8) is 0 Å². The fourth-order valence-corrected chi connectivity index (χ4v) is 6.18. The van der Waals surface area contributed by atoms with Crippen LogP contribution in [0.5, 0.6) is 0 Å². The second kappa shape index (κ2) is 12.7. The van der Waals surface area contributed by atoms with E-state index in [-0.39, 0.29) is 28.4 Å². The number of ether oxygens (including phenoxy) is 3. The molecule has 6 atom stereocenters. The van der Waals surface area contributed by atoms with E-state index in [0.717, 1.165) is 6.33 Å². The zero-order valence-electron chi connectivity index (χ0n) is 23.3. The lowest BCUT2D eigenvalue weighted by Crippen LogP contribution is -2.37. The molecule has 0 radical (unpaired) electrons. The molecule has 2 aromatic heterocycles. The first-order valence-corrected chi connectivity index (χ1v) is 15.7. The van der Waals surface area contributed by atoms with E-state index in [1.807, 2.05) is 0 Å². The molecule has 0 amide bonds. The molecule has 3 heterocycles. The van der Waals surface area contributed by atoms with E-state index in [1.54, 1.807) is 26.8 Å². The first kappa shape index (κ1) is 33.8. The number of nitrogens with two attached hydrogens (primary N) is 1. The Bertz CT molecular complexity index is 1670. The zero-order valence-corrected chi connectivity index (χ0v) is 25.1. The van der Waals surface area contributed by atoms with E-state index in [9.17, 15) is 34.0 Å². The number of hydrogen-bond acceptors (Lipinski definition) is 14. The van der Waals surface area contributed by atoms with E-state index in [1.165, 1.54) is 22.8 Å². The number of H-pyrrole nitrogens is 1. The molecular weight excluding hydrogens is 634 g/mol. The van der Waals surface area contributed by atoms with Gasteiger partial charge in [0, 0.05) is 6.07 Å². The normalized spacial score (nSPS) is 23.1. The molecule has 22 heteroatoms. The van der Waals surface area contributed by atoms with E-state index < -0.39 is 75.6 Å². The average molecular weight is 664 g/mol. The highest BCUT2D eigenvalue weighted by atomic mass is 31.3. The molecule has 3 unspecified atom stereocenters. The summed E-state index contributed by atoms with van der Waals surface area (Å²) >= 11 is 0. The Morgan fingerprint density at radius 1 is 1.25 bits per heavy atom. The molecule has 1 aliphatic rings. The van der Waals surface area contributed by atoms with Gasteiger partial charge in [0.25, 0.3) is 11.2 Å². The Labute approximate surface area is 247 Å². The van der Waals surface area contributed by atoms with Crippen molar-refractivity contribution in [2.45, 2.75) is 51.4 Å². The van der Waals surface area contributed by atoms with Crippen LogP contribution in [0.15, 0.2) is 35.4 Å². The summed E-state index contributed by atoms with van der Waals surface area (Å²) in [6.07, 6.45) is -5.59. The number of phosphoric ester groups is 1. The smallest absolute Gasteiger partial charge is 0.387 e. The molecule has 1 saturated heterocycles. The van der Waals surface area contributed by atoms with Gasteiger partial charge in [-0.25, -0.2) is 14.1 Å². The lowest BCUT2D eigenvalue weighted by molar-refractivity contribution is -0.386. The summed E-state index contributed by atoms with van der Waals surface area (Å²) in [5.41, 5.74) is 4.17. The summed E-state index contributed by atoms with van der Waals surface area (Å²) in [4.78, 5) is 61.1. The lowest BCUT2D eigenvalue weighted by Gasteiger charge is -2.31. The quantitative estimate of drug-likeness (QED) is 0.0686. The van der Waals surface area contributed by atoms with Crippen molar-refractivity contribution < 1.29 is 56.9 Å². The number of aliphatic hydroxyl groups excluding tert-OH is 1. The standard InChI is InChI=1S/C22H30N6O14P2/c1-22(2,3)17(11-6-4-5-7-12(11)28(31)32)39-10-38-16-15(29)13(8-40-44(36,37)42-43(33,34)35)41-20(16)27-9-24-14-18(27)25-21(23)26-19(14)30/h4-7,9,13,15-17,20,29H,8,10H2,1-3H3,(H,36,37)(H2,33,34,35)(H3,23,25,26,30)/t13-,15?,16+,17?,20-/m1/s1. The number of phosphoric acid groups is 2. The number of para-hydroxylation sites is 1. The van der Waals surface area contributed by atoms with Crippen LogP contribution in [0.1, 0.15) is 38.7 Å². The topological polar surface area (TPSA) is 294 Å². The highest BCUT2D eigenvalue weighted by Gasteiger charge is 2.48. The third-order valence-electron chi connectivity index (χ3n) is 6.35. The Kier molecular flexibility index (Phi) is 9.74. The summed E-state index contributed by atoms with van der Waals surface area (Å²) in [5, 5.41) is 22.8. The predicted octanol–water partition coefficient (Wildman–Crippen LogP) is 1.24. The van der Waals surface area contributed by atoms with Gasteiger partial charge in [-0.05, 0) is 11.5 Å². The molecule has 0 aliphatic carbocycles. The number of aromatic nitrogens is 4. The third-order valence-corrected chi connectivity index (χ3v) is 8.50. The number of benzene rings is 1. The van der Waals surface area contributed by atoms with Crippen LogP contribution in [-0.4, -0.2) is 75.9 Å². The average Bonchev–Trinajstić information content (AvgIpc) is 3.44. The number of fused-ring (bicyclic) bond motifs is 1. The molecule has 0 bridgehead atoms. The van der Waals surface area contributed by atoms with Crippen molar-refractivity contribution in [2.24, 2.45) is 5.41 Å². The van der Waals surface area contributed by atoms with Gasteiger partial charge < -0.3 is 39.7 Å². The molecule has 3 aromatic rings. The monoisotopic (exact) mass is 664 g/mol. The van der Waals surface area contributed by atoms with Crippen molar-refractivity contribution >= 4 is 38.4 Å². The van der Waals surface area contributed by atoms with Gasteiger partial charge in [-0.2, -0.15) is 9.29 Å². The molecule has 20 nitrogen and oxygen atoms in total. The molecule has 0 spiro atoms. The first-order valence-electron chi connectivity index (χ1n) is 12.6. The molecule has 4 rings (SSSR count). The molecule has 0 saturated carbocycles. The van der Waals surface area contributed by atoms with E-state index in [0.29, 0.717) is 0 Å². The molecule has 1 aliphatic heterocycles. The van der Waals surface area contributed by atoms with Gasteiger partial charge in [0.1, 0.15) is 25.1 Å². The summed E-state index contributed by atoms with van der Waals surface area (Å²) in [6, 6.07) is 5.99. The molecule has 1 aromatic carbocycles. The molecule has 1 fully saturated rings. The number of nitrogens with one attached hydrogen (secondary N) is 1. The van der Waals surface area contributed by atoms with Crippen LogP contribution in [-0.2, 0) is 32.2 Å². The molecule has 44 heavy (non-hydrogen) atoms. The van der Waals surface area contributed by atoms with Gasteiger partial charge in [0.2, 0.25) is 5.95 Å². The fourth-order valence-electron chi connectivity index (χ4n) is 4.58. The summed E-state index contributed by atoms with van der Waals surface area (Å²) < 4.78 is 50.2. The highest BCUT2D eigenvalue weighted by molar-refractivity contribution is 7.60. The van der Waals surface area contributed by atoms with Crippen LogP contribution < -0.4 is 11.3 Å². The Balaban J connectivity index is 1.62. The summed E-state index contributed by atoms with van der Waals surface area (Å²) in [6.45, 7) is 3.88. The van der Waals surface area contributed by atoms with Crippen LogP contribution >= 0.6 is 15.6 Å². The highest BCUT2D eigenvalue weighted by Crippen LogP contribution is 2.57. The van der Waals surface area contributed by atoms with Gasteiger partial charge in [-0.1, -0.05) is 32.9 Å². The summed E-state index contributed by atoms with van der Waals surface area (Å²) in [5.74, 6) is -0.267. The van der Waals surface area contributed by atoms with Crippen LogP contribution in [0.3, 0.4) is 0 Å². The van der Waals surface area contributed by atoms with Gasteiger partial charge in [-0.3, -0.25) is 29.0 Å². The fraction of sp³-hybridized carbons (Fsp3) is 0.500. The van der Waals surface area contributed by atoms with E-state index in [2.05, 4.69) is 23.8 Å². The van der Waals surface area contributed by atoms with Crippen LogP contribution in [0.2, 0.25) is 0 Å². The van der Waals surface area contributed by atoms with Crippen molar-refractivity contribution in [3.05, 3.63) is 56.6 Å². The number of nitrogen functional groups attached to an aromatic ring is 1. The van der Waals surface area contributed by atoms with E-state index in [4.69, 9.17) is 29.7 Å². The lowest BCUT2D eigenvalue weighted by atomic mass is 9.84. The predicted molar refractivity (Wildman–Crippen MR) is 148 cm³/mol. The van der Waals surface area contributed by atoms with Gasteiger partial charge >= 0.3 is 15.6 Å². The number of aromatic amines is 1. The number of nitro groups is 1. The SMILES string of the molecule is CC(C)(C)C(OCO[C@H]1C(O)[C@@H](COP(=O)(O)OP(=O)(O)O)O[C@H]1n1cnc2c(=O)[nH]c(N)nc21)c1ccccc1[N+](=O)[O-]. The zero-order chi connectivity index (χ0) is 32.6. The van der Waals surface area contributed by atoms with E-state index >= 15 is 0 Å². The Morgan fingerprint density at radius 2 is 1.93 bits per heavy atom. The summed E-state index contributed by atoms with van der Waals surface area (Å²) in [7, 11) is -10.7. The number of anilines is 1. The second-order valence-corrected chi connectivity index (χ2v) is 13.5. The van der Waals surface area contributed by atoms with Crippen molar-refractivity contribution in [1.29, 1.82) is 0 Å². The maximum atomic E-state index is 12.3. The minimum Gasteiger partial charge on any atom is -0.387 e. The maximum Gasteiger partial charge on any atom is 0.481 e. The maximum absolute atomic E-state index is 12.3. The van der Waals surface area contributed by atoms with Gasteiger partial charge in [0.15, 0.2) is 17.4 Å². The minimum atomic E-state index is -5.43. The minimum absolute atomic E-state index is 0.0790. The van der Waals surface area contributed by atoms with Crippen LogP contribution in [0, 0.1) is 15.5 Å². The Hall–Kier alpha value is -3.13. The largest absolute Gasteiger partial charge is 0.481 e. The second-order valence-electron chi connectivity index (χ2n) is 10.6. The van der Waals surface area contributed by atoms with Crippen molar-refractivity contribution in [2.75, 3.05) is 19.1 Å². The van der Waals surface area contributed by atoms with Gasteiger partial charge in [-0.15, -0.1) is 0 Å². The molecular formula is C22H30N6O14P2. The van der Waals surface area contributed by atoms with Crippen molar-refractivity contribution in [3.8, 4) is 0 Å². The Morgan fingerprint density at radius 3 is 2.57 bits per heavy atom. The van der Waals surface area contributed by atoms with Crippen LogP contribution in [0.4, 0.5) is 11.6 Å². The number of hydrogen-bond donors (Lipinski definition) is 6. The number of nitrogens with zero attached hydrogens (tertiary/aromatic N) is 4.